The molecular weight excluding hydrogens is 620 g/mol. The van der Waals surface area contributed by atoms with Crippen molar-refractivity contribution in [2.24, 2.45) is 0 Å². The molecule has 1 aromatic carbocycles. The number of alkyl halides is 3. The number of ether oxygens (including phenoxy) is 1. The average molecular weight is 655 g/mol. The molecule has 45 heavy (non-hydrogen) atoms. The van der Waals surface area contributed by atoms with E-state index in [1.807, 2.05) is 4.90 Å². The van der Waals surface area contributed by atoms with E-state index in [9.17, 15) is 27.6 Å². The first-order valence-electron chi connectivity index (χ1n) is 14.2. The number of halogens is 5. The minimum absolute atomic E-state index is 0.0456. The van der Waals surface area contributed by atoms with Gasteiger partial charge in [0, 0.05) is 52.0 Å². The number of carbonyl (C=O) groups excluding carboxylic acids is 2. The SMILES string of the molecule is CCc1c(N2CCN(C(=O)OC(C)(C)C)CC2)c(=O)c2nc(N(C)C)c(F)cc2n1CC(=O)Nc1ccc(C(F)(F)F)cc1Cl. The quantitative estimate of drug-likeness (QED) is 0.349. The van der Waals surface area contributed by atoms with Crippen LogP contribution in [0.15, 0.2) is 29.1 Å². The van der Waals surface area contributed by atoms with Gasteiger partial charge in [-0.15, -0.1) is 0 Å². The first-order chi connectivity index (χ1) is 20.9. The molecular formula is C30H35ClF4N6O4. The number of piperazine rings is 1. The van der Waals surface area contributed by atoms with E-state index >= 15 is 4.39 Å². The number of nitrogens with one attached hydrogen (secondary N) is 1. The molecule has 4 rings (SSSR count). The predicted molar refractivity (Wildman–Crippen MR) is 165 cm³/mol. The molecule has 10 nitrogen and oxygen atoms in total. The predicted octanol–water partition coefficient (Wildman–Crippen LogP) is 5.53. The highest BCUT2D eigenvalue weighted by Gasteiger charge is 2.32. The average Bonchev–Trinajstić information content (AvgIpc) is 2.93. The Bertz CT molecular complexity index is 1680. The molecule has 3 aromatic rings. The van der Waals surface area contributed by atoms with E-state index in [2.05, 4.69) is 10.3 Å². The lowest BCUT2D eigenvalue weighted by Gasteiger charge is -2.37. The molecule has 0 atom stereocenters. The molecule has 15 heteroatoms. The van der Waals surface area contributed by atoms with E-state index in [1.165, 1.54) is 9.47 Å². The number of hydrogen-bond donors (Lipinski definition) is 1. The van der Waals surface area contributed by atoms with Gasteiger partial charge in [0.2, 0.25) is 11.3 Å². The van der Waals surface area contributed by atoms with Crippen molar-refractivity contribution >= 4 is 51.8 Å². The zero-order valence-corrected chi connectivity index (χ0v) is 26.6. The van der Waals surface area contributed by atoms with Gasteiger partial charge in [-0.3, -0.25) is 9.59 Å². The second-order valence-electron chi connectivity index (χ2n) is 11.8. The van der Waals surface area contributed by atoms with Crippen LogP contribution in [0, 0.1) is 5.82 Å². The van der Waals surface area contributed by atoms with E-state index in [1.54, 1.807) is 46.7 Å². The molecule has 0 radical (unpaired) electrons. The van der Waals surface area contributed by atoms with E-state index < -0.39 is 47.1 Å². The highest BCUT2D eigenvalue weighted by atomic mass is 35.5. The lowest BCUT2D eigenvalue weighted by atomic mass is 10.1. The first-order valence-corrected chi connectivity index (χ1v) is 14.6. The number of hydrogen-bond acceptors (Lipinski definition) is 7. The Hall–Kier alpha value is -4.07. The molecule has 0 unspecified atom stereocenters. The van der Waals surface area contributed by atoms with Crippen LogP contribution in [0.2, 0.25) is 5.02 Å². The maximum atomic E-state index is 15.2. The number of nitrogens with zero attached hydrogens (tertiary/aromatic N) is 5. The lowest BCUT2D eigenvalue weighted by molar-refractivity contribution is -0.137. The summed E-state index contributed by atoms with van der Waals surface area (Å²) in [7, 11) is 3.16. The Morgan fingerprint density at radius 3 is 2.27 bits per heavy atom. The van der Waals surface area contributed by atoms with Crippen LogP contribution in [-0.2, 0) is 28.7 Å². The number of anilines is 3. The molecule has 0 saturated carbocycles. The fourth-order valence-electron chi connectivity index (χ4n) is 5.10. The van der Waals surface area contributed by atoms with Gasteiger partial charge < -0.3 is 29.3 Å². The molecule has 1 aliphatic heterocycles. The van der Waals surface area contributed by atoms with E-state index in [4.69, 9.17) is 16.3 Å². The van der Waals surface area contributed by atoms with Crippen LogP contribution in [0.25, 0.3) is 11.0 Å². The maximum absolute atomic E-state index is 15.2. The molecule has 1 fully saturated rings. The van der Waals surface area contributed by atoms with Gasteiger partial charge in [0.05, 0.1) is 21.8 Å². The molecule has 0 bridgehead atoms. The second kappa shape index (κ2) is 12.7. The van der Waals surface area contributed by atoms with Crippen LogP contribution in [0.5, 0.6) is 0 Å². The van der Waals surface area contributed by atoms with Crippen molar-refractivity contribution in [3.63, 3.8) is 0 Å². The van der Waals surface area contributed by atoms with Crippen molar-refractivity contribution in [1.82, 2.24) is 14.5 Å². The summed E-state index contributed by atoms with van der Waals surface area (Å²) in [4.78, 5) is 49.1. The molecule has 0 spiro atoms. The monoisotopic (exact) mass is 654 g/mol. The third-order valence-electron chi connectivity index (χ3n) is 7.14. The summed E-state index contributed by atoms with van der Waals surface area (Å²) in [5, 5.41) is 2.20. The zero-order valence-electron chi connectivity index (χ0n) is 25.8. The normalized spacial score (nSPS) is 14.1. The van der Waals surface area contributed by atoms with Gasteiger partial charge in [-0.1, -0.05) is 18.5 Å². The summed E-state index contributed by atoms with van der Waals surface area (Å²) in [5.41, 5.74) is -1.46. The third-order valence-corrected chi connectivity index (χ3v) is 7.45. The summed E-state index contributed by atoms with van der Waals surface area (Å²) in [6.45, 7) is 7.75. The molecule has 1 aliphatic rings. The van der Waals surface area contributed by atoms with Crippen LogP contribution in [0.4, 0.5) is 39.5 Å². The smallest absolute Gasteiger partial charge is 0.416 e. The van der Waals surface area contributed by atoms with E-state index in [0.717, 1.165) is 18.2 Å². The molecule has 0 aliphatic carbocycles. The van der Waals surface area contributed by atoms with E-state index in [-0.39, 0.29) is 65.8 Å². The Balaban J connectivity index is 1.75. The topological polar surface area (TPSA) is 100 Å². The number of benzene rings is 1. The first kappa shape index (κ1) is 33.8. The maximum Gasteiger partial charge on any atom is 0.416 e. The van der Waals surface area contributed by atoms with E-state index in [0.29, 0.717) is 11.8 Å². The third kappa shape index (κ3) is 7.43. The molecule has 1 saturated heterocycles. The Morgan fingerprint density at radius 2 is 1.73 bits per heavy atom. The molecule has 1 N–H and O–H groups in total. The molecule has 3 heterocycles. The highest BCUT2D eigenvalue weighted by Crippen LogP contribution is 2.34. The van der Waals surface area contributed by atoms with Gasteiger partial charge >= 0.3 is 12.3 Å². The van der Waals surface area contributed by atoms with Crippen LogP contribution in [0.1, 0.15) is 39.0 Å². The Morgan fingerprint density at radius 1 is 1.09 bits per heavy atom. The standard InChI is InChI=1S/C30H35ClF4N6O4/c1-7-21-25(39-10-12-40(13-11-39)28(44)45-29(2,3)4)26(43)24-22(15-19(32)27(37-24)38(5)6)41(21)16-23(42)36-20-9-8-17(14-18(20)31)30(33,34)35/h8-9,14-15H,7,10-13,16H2,1-6H3,(H,36,42). The van der Waals surface area contributed by atoms with Gasteiger partial charge in [-0.05, 0) is 45.4 Å². The van der Waals surface area contributed by atoms with Gasteiger partial charge in [0.1, 0.15) is 23.3 Å². The van der Waals surface area contributed by atoms with Crippen LogP contribution in [0.3, 0.4) is 0 Å². The molecule has 2 aromatic heterocycles. The lowest BCUT2D eigenvalue weighted by Crippen LogP contribution is -2.51. The summed E-state index contributed by atoms with van der Waals surface area (Å²) in [5.74, 6) is -1.46. The summed E-state index contributed by atoms with van der Waals surface area (Å²) in [6, 6.07) is 3.69. The number of carbonyl (C=O) groups is 2. The second-order valence-corrected chi connectivity index (χ2v) is 12.2. The Kier molecular flexibility index (Phi) is 9.57. The highest BCUT2D eigenvalue weighted by molar-refractivity contribution is 6.33. The van der Waals surface area contributed by atoms with Crippen molar-refractivity contribution in [1.29, 1.82) is 0 Å². The summed E-state index contributed by atoms with van der Waals surface area (Å²) in [6.07, 6.45) is -4.83. The van der Waals surface area contributed by atoms with Crippen molar-refractivity contribution < 1.29 is 31.9 Å². The molecule has 2 amide bonds. The van der Waals surface area contributed by atoms with Crippen LogP contribution in [-0.4, -0.2) is 72.3 Å². The summed E-state index contributed by atoms with van der Waals surface area (Å²) < 4.78 is 61.4. The fourth-order valence-corrected chi connectivity index (χ4v) is 5.33. The number of amides is 2. The van der Waals surface area contributed by atoms with Gasteiger partial charge in [-0.25, -0.2) is 14.2 Å². The van der Waals surface area contributed by atoms with Gasteiger partial charge in [0.25, 0.3) is 0 Å². The van der Waals surface area contributed by atoms with Gasteiger partial charge in [0.15, 0.2) is 11.6 Å². The Labute approximate surface area is 262 Å². The number of fused-ring (bicyclic) bond motifs is 1. The van der Waals surface area contributed by atoms with Crippen molar-refractivity contribution in [2.45, 2.75) is 52.4 Å². The van der Waals surface area contributed by atoms with Crippen LogP contribution >= 0.6 is 11.6 Å². The summed E-state index contributed by atoms with van der Waals surface area (Å²) >= 11 is 6.05. The largest absolute Gasteiger partial charge is 0.444 e. The minimum atomic E-state index is -4.62. The number of aromatic nitrogens is 2. The van der Waals surface area contributed by atoms with Crippen molar-refractivity contribution in [2.75, 3.05) is 55.4 Å². The van der Waals surface area contributed by atoms with Gasteiger partial charge in [-0.2, -0.15) is 13.2 Å². The minimum Gasteiger partial charge on any atom is -0.444 e. The van der Waals surface area contributed by atoms with Crippen molar-refractivity contribution in [3.05, 3.63) is 56.6 Å². The fraction of sp³-hybridized carbons (Fsp3) is 0.467. The number of rotatable bonds is 6. The zero-order chi connectivity index (χ0) is 33.4. The number of pyridine rings is 2. The van der Waals surface area contributed by atoms with Crippen LogP contribution < -0.4 is 20.5 Å². The van der Waals surface area contributed by atoms with Crippen molar-refractivity contribution in [3.8, 4) is 0 Å². The molecule has 244 valence electrons.